The van der Waals surface area contributed by atoms with Crippen LogP contribution < -0.4 is 11.1 Å². The number of anilines is 1. The van der Waals surface area contributed by atoms with Crippen LogP contribution in [0.1, 0.15) is 26.2 Å². The van der Waals surface area contributed by atoms with Crippen molar-refractivity contribution in [3.63, 3.8) is 0 Å². The highest BCUT2D eigenvalue weighted by molar-refractivity contribution is 5.97. The molecule has 0 radical (unpaired) electrons. The molecule has 132 valence electrons. The minimum absolute atomic E-state index is 0. The number of nitrogens with one attached hydrogen (secondary N) is 1. The number of nitrogens with zero attached hydrogens (tertiary/aromatic N) is 1. The van der Waals surface area contributed by atoms with E-state index in [0.29, 0.717) is 32.6 Å². The van der Waals surface area contributed by atoms with E-state index in [9.17, 15) is 4.79 Å². The van der Waals surface area contributed by atoms with Crippen molar-refractivity contribution in [3.05, 3.63) is 30.5 Å². The summed E-state index contributed by atoms with van der Waals surface area (Å²) in [6, 6.07) is 8.17. The second-order valence-electron chi connectivity index (χ2n) is 6.33. The second-order valence-corrected chi connectivity index (χ2v) is 6.33. The topological polar surface area (TPSA) is 69.3 Å². The number of ether oxygens (including phenoxy) is 1. The molecule has 1 aliphatic rings. The molecule has 0 unspecified atom stereocenters. The third kappa shape index (κ3) is 3.58. The molecule has 1 aromatic carbocycles. The number of halogens is 1. The lowest BCUT2D eigenvalue weighted by atomic mass is 9.79. The molecule has 1 aromatic heterocycles. The summed E-state index contributed by atoms with van der Waals surface area (Å²) in [5.74, 6) is 0.0104. The largest absolute Gasteiger partial charge is 0.381 e. The number of hydrogen-bond acceptors (Lipinski definition) is 3. The minimum atomic E-state index is -0.501. The summed E-state index contributed by atoms with van der Waals surface area (Å²) >= 11 is 0. The third-order valence-corrected chi connectivity index (χ3v) is 4.82. The van der Waals surface area contributed by atoms with Crippen LogP contribution in [0.25, 0.3) is 10.9 Å². The molecule has 0 saturated carbocycles. The van der Waals surface area contributed by atoms with Gasteiger partial charge in [-0.05, 0) is 42.8 Å². The molecule has 24 heavy (non-hydrogen) atoms. The van der Waals surface area contributed by atoms with Gasteiger partial charge in [0.05, 0.1) is 10.9 Å². The quantitative estimate of drug-likeness (QED) is 0.869. The molecular weight excluding hydrogens is 326 g/mol. The summed E-state index contributed by atoms with van der Waals surface area (Å²) < 4.78 is 7.60. The van der Waals surface area contributed by atoms with Crippen molar-refractivity contribution in [3.8, 4) is 0 Å². The van der Waals surface area contributed by atoms with E-state index in [4.69, 9.17) is 10.5 Å². The maximum absolute atomic E-state index is 12.8. The first-order valence-corrected chi connectivity index (χ1v) is 8.37. The molecule has 0 aliphatic carbocycles. The van der Waals surface area contributed by atoms with Crippen molar-refractivity contribution in [2.75, 3.05) is 25.1 Å². The van der Waals surface area contributed by atoms with E-state index in [1.54, 1.807) is 0 Å². The van der Waals surface area contributed by atoms with Crippen LogP contribution >= 0.6 is 12.4 Å². The second kappa shape index (κ2) is 8.01. The lowest BCUT2D eigenvalue weighted by molar-refractivity contribution is -0.130. The number of rotatable bonds is 5. The Labute approximate surface area is 148 Å². The molecule has 2 aromatic rings. The highest BCUT2D eigenvalue weighted by Crippen LogP contribution is 2.31. The normalized spacial score (nSPS) is 16.6. The van der Waals surface area contributed by atoms with Crippen molar-refractivity contribution < 1.29 is 9.53 Å². The Kier molecular flexibility index (Phi) is 6.27. The Morgan fingerprint density at radius 2 is 2.08 bits per heavy atom. The van der Waals surface area contributed by atoms with Gasteiger partial charge >= 0.3 is 0 Å². The molecule has 6 heteroatoms. The molecule has 1 aliphatic heterocycles. The maximum Gasteiger partial charge on any atom is 0.232 e. The summed E-state index contributed by atoms with van der Waals surface area (Å²) in [6.45, 7) is 4.70. The highest BCUT2D eigenvalue weighted by Gasteiger charge is 2.38. The number of carbonyl (C=O) groups is 1. The molecule has 0 bridgehead atoms. The summed E-state index contributed by atoms with van der Waals surface area (Å²) in [7, 11) is 0. The van der Waals surface area contributed by atoms with Gasteiger partial charge < -0.3 is 20.4 Å². The average molecular weight is 352 g/mol. The smallest absolute Gasteiger partial charge is 0.232 e. The van der Waals surface area contributed by atoms with Crippen molar-refractivity contribution in [2.24, 2.45) is 11.1 Å². The van der Waals surface area contributed by atoms with Gasteiger partial charge in [-0.25, -0.2) is 0 Å². The Balaban J connectivity index is 0.00000208. The summed E-state index contributed by atoms with van der Waals surface area (Å²) in [6.07, 6.45) is 4.55. The molecule has 2 heterocycles. The van der Waals surface area contributed by atoms with Crippen LogP contribution in [-0.4, -0.2) is 30.2 Å². The summed E-state index contributed by atoms with van der Waals surface area (Å²) in [5.41, 5.74) is 7.39. The van der Waals surface area contributed by atoms with Gasteiger partial charge in [0.1, 0.15) is 0 Å². The fourth-order valence-electron chi connectivity index (χ4n) is 3.25. The Bertz CT molecular complexity index is 693. The van der Waals surface area contributed by atoms with E-state index >= 15 is 0 Å². The van der Waals surface area contributed by atoms with E-state index in [1.165, 1.54) is 5.39 Å². The Hall–Kier alpha value is -1.56. The molecular formula is C18H26ClN3O2. The Morgan fingerprint density at radius 3 is 2.75 bits per heavy atom. The Morgan fingerprint density at radius 1 is 1.33 bits per heavy atom. The van der Waals surface area contributed by atoms with Gasteiger partial charge in [0.2, 0.25) is 5.91 Å². The molecule has 1 fully saturated rings. The van der Waals surface area contributed by atoms with Gasteiger partial charge in [-0.15, -0.1) is 12.4 Å². The number of amides is 1. The third-order valence-electron chi connectivity index (χ3n) is 4.82. The van der Waals surface area contributed by atoms with E-state index in [1.807, 2.05) is 12.1 Å². The number of nitrogens with two attached hydrogens (primary N) is 1. The van der Waals surface area contributed by atoms with Gasteiger partial charge in [0.25, 0.3) is 0 Å². The zero-order valence-electron chi connectivity index (χ0n) is 14.1. The number of hydrogen-bond donors (Lipinski definition) is 2. The van der Waals surface area contributed by atoms with Gasteiger partial charge in [0.15, 0.2) is 0 Å². The number of aromatic nitrogens is 1. The van der Waals surface area contributed by atoms with E-state index < -0.39 is 5.41 Å². The molecule has 1 amide bonds. The summed E-state index contributed by atoms with van der Waals surface area (Å²) in [5, 5.41) is 4.26. The molecule has 0 atom stereocenters. The van der Waals surface area contributed by atoms with Crippen LogP contribution in [0.5, 0.6) is 0 Å². The van der Waals surface area contributed by atoms with Gasteiger partial charge in [-0.1, -0.05) is 13.0 Å². The fraction of sp³-hybridized carbons (Fsp3) is 0.500. The lowest BCUT2D eigenvalue weighted by Gasteiger charge is -2.34. The van der Waals surface area contributed by atoms with Crippen molar-refractivity contribution in [1.82, 2.24) is 4.57 Å². The molecule has 5 nitrogen and oxygen atoms in total. The summed E-state index contributed by atoms with van der Waals surface area (Å²) in [4.78, 5) is 12.8. The zero-order valence-corrected chi connectivity index (χ0v) is 14.9. The van der Waals surface area contributed by atoms with Gasteiger partial charge in [-0.2, -0.15) is 0 Å². The first-order valence-electron chi connectivity index (χ1n) is 8.37. The fourth-order valence-corrected chi connectivity index (χ4v) is 3.25. The van der Waals surface area contributed by atoms with Crippen LogP contribution in [0.4, 0.5) is 5.69 Å². The van der Waals surface area contributed by atoms with Crippen molar-refractivity contribution in [2.45, 2.75) is 32.7 Å². The monoisotopic (exact) mass is 351 g/mol. The van der Waals surface area contributed by atoms with Gasteiger partial charge in [0, 0.05) is 38.2 Å². The maximum atomic E-state index is 12.8. The predicted molar refractivity (Wildman–Crippen MR) is 99.6 cm³/mol. The highest BCUT2D eigenvalue weighted by atomic mass is 35.5. The van der Waals surface area contributed by atoms with Crippen molar-refractivity contribution in [1.29, 1.82) is 0 Å². The van der Waals surface area contributed by atoms with Crippen LogP contribution in [0.2, 0.25) is 0 Å². The van der Waals surface area contributed by atoms with Crippen LogP contribution in [0.3, 0.4) is 0 Å². The van der Waals surface area contributed by atoms with Crippen molar-refractivity contribution >= 4 is 34.9 Å². The molecule has 3 N–H and O–H groups in total. The molecule has 3 rings (SSSR count). The SMILES string of the molecule is CCCn1ccc2ccc(NC(=O)C3(CN)CCOCC3)cc21.Cl. The van der Waals surface area contributed by atoms with Gasteiger partial charge in [-0.3, -0.25) is 4.79 Å². The standard InChI is InChI=1S/C18H25N3O2.ClH/c1-2-8-21-9-5-14-3-4-15(12-16(14)21)20-17(22)18(13-19)6-10-23-11-7-18;/h3-5,9,12H,2,6-8,10-11,13,19H2,1H3,(H,20,22);1H. The zero-order chi connectivity index (χ0) is 16.3. The van der Waals surface area contributed by atoms with Crippen LogP contribution in [0.15, 0.2) is 30.5 Å². The van der Waals surface area contributed by atoms with Crippen LogP contribution in [-0.2, 0) is 16.1 Å². The number of aryl methyl sites for hydroxylation is 1. The van der Waals surface area contributed by atoms with E-state index in [2.05, 4.69) is 35.1 Å². The predicted octanol–water partition coefficient (Wildman–Crippen LogP) is 3.17. The number of fused-ring (bicyclic) bond motifs is 1. The molecule has 1 saturated heterocycles. The van der Waals surface area contributed by atoms with E-state index in [-0.39, 0.29) is 18.3 Å². The number of carbonyl (C=O) groups excluding carboxylic acids is 1. The average Bonchev–Trinajstić information content (AvgIpc) is 2.98. The molecule has 0 spiro atoms. The minimum Gasteiger partial charge on any atom is -0.381 e. The first kappa shape index (κ1) is 18.8. The lowest BCUT2D eigenvalue weighted by Crippen LogP contribution is -2.46. The number of benzene rings is 1. The first-order chi connectivity index (χ1) is 11.2. The van der Waals surface area contributed by atoms with E-state index in [0.717, 1.165) is 24.2 Å². The van der Waals surface area contributed by atoms with Crippen LogP contribution in [0, 0.1) is 5.41 Å².